The van der Waals surface area contributed by atoms with Crippen LogP contribution in [0.1, 0.15) is 30.9 Å². The van der Waals surface area contributed by atoms with Gasteiger partial charge in [0.2, 0.25) is 0 Å². The monoisotopic (exact) mass is 260 g/mol. The van der Waals surface area contributed by atoms with E-state index >= 15 is 0 Å². The normalized spacial score (nSPS) is 9.32. The van der Waals surface area contributed by atoms with Crippen molar-refractivity contribution in [3.05, 3.63) is 35.4 Å². The van der Waals surface area contributed by atoms with Crippen molar-refractivity contribution in [2.45, 2.75) is 26.2 Å². The molecule has 0 unspecified atom stereocenters. The third-order valence-electron chi connectivity index (χ3n) is 2.39. The summed E-state index contributed by atoms with van der Waals surface area (Å²) in [6.45, 7) is 2.04. The summed E-state index contributed by atoms with van der Waals surface area (Å²) in [6, 6.07) is 7.39. The van der Waals surface area contributed by atoms with Gasteiger partial charge in [-0.1, -0.05) is 18.1 Å². The average molecular weight is 260 g/mol. The van der Waals surface area contributed by atoms with Crippen LogP contribution in [-0.2, 0) is 20.7 Å². The molecule has 0 aliphatic heterocycles. The highest BCUT2D eigenvalue weighted by molar-refractivity contribution is 5.89. The van der Waals surface area contributed by atoms with Crippen LogP contribution in [0.3, 0.4) is 0 Å². The van der Waals surface area contributed by atoms with E-state index in [9.17, 15) is 9.59 Å². The summed E-state index contributed by atoms with van der Waals surface area (Å²) < 4.78 is 4.69. The maximum absolute atomic E-state index is 11.0. The highest BCUT2D eigenvalue weighted by Crippen LogP contribution is 2.07. The number of esters is 1. The average Bonchev–Trinajstić information content (AvgIpc) is 2.38. The number of carbonyl (C=O) groups is 2. The summed E-state index contributed by atoms with van der Waals surface area (Å²) >= 11 is 0. The van der Waals surface area contributed by atoms with Gasteiger partial charge in [0.15, 0.2) is 0 Å². The van der Waals surface area contributed by atoms with Gasteiger partial charge in [0.05, 0.1) is 6.61 Å². The van der Waals surface area contributed by atoms with Crippen molar-refractivity contribution in [1.82, 2.24) is 0 Å². The van der Waals surface area contributed by atoms with E-state index < -0.39 is 11.9 Å². The van der Waals surface area contributed by atoms with Crippen molar-refractivity contribution in [2.75, 3.05) is 6.61 Å². The third-order valence-corrected chi connectivity index (χ3v) is 2.39. The fourth-order valence-electron chi connectivity index (χ4n) is 1.49. The smallest absolute Gasteiger partial charge is 0.384 e. The Labute approximate surface area is 112 Å². The molecule has 0 radical (unpaired) electrons. The van der Waals surface area contributed by atoms with Crippen LogP contribution in [0.25, 0.3) is 0 Å². The van der Waals surface area contributed by atoms with Crippen LogP contribution in [0, 0.1) is 11.8 Å². The molecule has 1 rings (SSSR count). The van der Waals surface area contributed by atoms with Gasteiger partial charge in [0.1, 0.15) is 0 Å². The van der Waals surface area contributed by atoms with Crippen molar-refractivity contribution in [3.63, 3.8) is 0 Å². The molecular formula is C15H16O4. The van der Waals surface area contributed by atoms with Gasteiger partial charge in [-0.3, -0.25) is 4.79 Å². The van der Waals surface area contributed by atoms with Crippen molar-refractivity contribution in [1.29, 1.82) is 0 Å². The number of ether oxygens (including phenoxy) is 1. The van der Waals surface area contributed by atoms with E-state index in [1.807, 2.05) is 24.3 Å². The number of carboxylic acids is 1. The molecule has 0 saturated heterocycles. The molecule has 4 nitrogen and oxygen atoms in total. The minimum absolute atomic E-state index is 0.171. The molecule has 0 bridgehead atoms. The lowest BCUT2D eigenvalue weighted by atomic mass is 10.1. The first-order chi connectivity index (χ1) is 9.11. The molecule has 1 aromatic carbocycles. The first-order valence-corrected chi connectivity index (χ1v) is 6.11. The molecule has 0 amide bonds. The van der Waals surface area contributed by atoms with Gasteiger partial charge in [-0.2, -0.15) is 0 Å². The van der Waals surface area contributed by atoms with Gasteiger partial charge in [0.25, 0.3) is 0 Å². The zero-order valence-electron chi connectivity index (χ0n) is 10.8. The first kappa shape index (κ1) is 14.8. The fourth-order valence-corrected chi connectivity index (χ4v) is 1.49. The molecule has 1 N–H and O–H groups in total. The lowest BCUT2D eigenvalue weighted by molar-refractivity contribution is -0.137. The number of hydrogen-bond donors (Lipinski definition) is 1. The topological polar surface area (TPSA) is 63.6 Å². The molecule has 100 valence electrons. The van der Waals surface area contributed by atoms with Gasteiger partial charge < -0.3 is 9.84 Å². The number of carbonyl (C=O) groups excluding carboxylic acids is 1. The van der Waals surface area contributed by atoms with E-state index in [-0.39, 0.29) is 6.42 Å². The minimum Gasteiger partial charge on any atom is -0.481 e. The number of carboxylic acid groups (broad SMARTS) is 1. The summed E-state index contributed by atoms with van der Waals surface area (Å²) in [6.07, 6.45) is 1.51. The van der Waals surface area contributed by atoms with Gasteiger partial charge in [0, 0.05) is 17.9 Å². The maximum Gasteiger partial charge on any atom is 0.384 e. The molecule has 0 spiro atoms. The number of benzene rings is 1. The lowest BCUT2D eigenvalue weighted by Crippen LogP contribution is -1.99. The molecule has 1 aromatic rings. The van der Waals surface area contributed by atoms with Crippen LogP contribution in [0.4, 0.5) is 0 Å². The molecule has 0 aliphatic rings. The fraction of sp³-hybridized carbons (Fsp3) is 0.333. The van der Waals surface area contributed by atoms with Crippen molar-refractivity contribution < 1.29 is 19.4 Å². The molecule has 0 heterocycles. The molecule has 0 aromatic heterocycles. The Balaban J connectivity index is 2.51. The standard InChI is InChI=1S/C15H16O4/c1-2-19-15(18)11-10-13-8-6-12(7-9-13)4-3-5-14(16)17/h6-9H,2-5H2,1H3,(H,16,17). The Hall–Kier alpha value is -2.28. The molecule has 0 aliphatic carbocycles. The highest BCUT2D eigenvalue weighted by atomic mass is 16.5. The summed E-state index contributed by atoms with van der Waals surface area (Å²) in [5.74, 6) is 3.79. The Kier molecular flexibility index (Phi) is 6.17. The number of rotatable bonds is 5. The summed E-state index contributed by atoms with van der Waals surface area (Å²) in [5, 5.41) is 8.54. The van der Waals surface area contributed by atoms with E-state index in [0.29, 0.717) is 13.0 Å². The predicted octanol–water partition coefficient (Wildman–Crippen LogP) is 2.01. The molecule has 4 heteroatoms. The van der Waals surface area contributed by atoms with Crippen LogP contribution in [0.5, 0.6) is 0 Å². The van der Waals surface area contributed by atoms with Gasteiger partial charge >= 0.3 is 11.9 Å². The third kappa shape index (κ3) is 6.27. The van der Waals surface area contributed by atoms with Crippen LogP contribution in [0.15, 0.2) is 24.3 Å². The van der Waals surface area contributed by atoms with Crippen molar-refractivity contribution in [3.8, 4) is 11.8 Å². The Morgan fingerprint density at radius 2 is 1.95 bits per heavy atom. The van der Waals surface area contributed by atoms with Crippen molar-refractivity contribution >= 4 is 11.9 Å². The second kappa shape index (κ2) is 7.93. The van der Waals surface area contributed by atoms with Crippen LogP contribution < -0.4 is 0 Å². The second-order valence-corrected chi connectivity index (χ2v) is 3.91. The minimum atomic E-state index is -0.781. The second-order valence-electron chi connectivity index (χ2n) is 3.91. The van der Waals surface area contributed by atoms with Crippen LogP contribution in [0.2, 0.25) is 0 Å². The number of aliphatic carboxylic acids is 1. The predicted molar refractivity (Wildman–Crippen MR) is 70.5 cm³/mol. The van der Waals surface area contributed by atoms with E-state index in [1.165, 1.54) is 0 Å². The van der Waals surface area contributed by atoms with E-state index in [1.54, 1.807) is 6.92 Å². The zero-order chi connectivity index (χ0) is 14.1. The summed E-state index contributed by atoms with van der Waals surface area (Å²) in [5.41, 5.74) is 1.79. The quantitative estimate of drug-likeness (QED) is 0.649. The van der Waals surface area contributed by atoms with E-state index in [4.69, 9.17) is 9.84 Å². The Morgan fingerprint density at radius 3 is 2.53 bits per heavy atom. The zero-order valence-corrected chi connectivity index (χ0v) is 10.8. The van der Waals surface area contributed by atoms with Crippen LogP contribution >= 0.6 is 0 Å². The summed E-state index contributed by atoms with van der Waals surface area (Å²) in [7, 11) is 0. The number of hydrogen-bond acceptors (Lipinski definition) is 3. The molecule has 0 atom stereocenters. The molecule has 0 saturated carbocycles. The molecule has 19 heavy (non-hydrogen) atoms. The Bertz CT molecular complexity index is 491. The van der Waals surface area contributed by atoms with Crippen molar-refractivity contribution in [2.24, 2.45) is 0 Å². The highest BCUT2D eigenvalue weighted by Gasteiger charge is 1.98. The maximum atomic E-state index is 11.0. The molecular weight excluding hydrogens is 244 g/mol. The Morgan fingerprint density at radius 1 is 1.26 bits per heavy atom. The van der Waals surface area contributed by atoms with Gasteiger partial charge in [-0.15, -0.1) is 0 Å². The van der Waals surface area contributed by atoms with Gasteiger partial charge in [-0.25, -0.2) is 4.79 Å². The largest absolute Gasteiger partial charge is 0.481 e. The lowest BCUT2D eigenvalue weighted by Gasteiger charge is -1.99. The van der Waals surface area contributed by atoms with Crippen LogP contribution in [-0.4, -0.2) is 23.7 Å². The SMILES string of the molecule is CCOC(=O)C#Cc1ccc(CCCC(=O)O)cc1. The number of aryl methyl sites for hydroxylation is 1. The summed E-state index contributed by atoms with van der Waals surface area (Å²) in [4.78, 5) is 21.4. The first-order valence-electron chi connectivity index (χ1n) is 6.11. The van der Waals surface area contributed by atoms with E-state index in [0.717, 1.165) is 17.5 Å². The molecule has 0 fully saturated rings. The van der Waals surface area contributed by atoms with E-state index in [2.05, 4.69) is 11.8 Å². The van der Waals surface area contributed by atoms with Gasteiger partial charge in [-0.05, 0) is 37.5 Å².